The van der Waals surface area contributed by atoms with Gasteiger partial charge < -0.3 is 4.74 Å². The molecule has 22 heavy (non-hydrogen) atoms. The van der Waals surface area contributed by atoms with Crippen LogP contribution in [-0.2, 0) is 16.4 Å². The van der Waals surface area contributed by atoms with E-state index in [1.165, 1.54) is 4.31 Å². The number of benzene rings is 2. The van der Waals surface area contributed by atoms with E-state index in [9.17, 15) is 8.42 Å². The molecule has 116 valence electrons. The molecule has 0 saturated heterocycles. The van der Waals surface area contributed by atoms with Crippen molar-refractivity contribution in [2.45, 2.75) is 31.3 Å². The molecule has 0 aliphatic carbocycles. The van der Waals surface area contributed by atoms with E-state index in [0.717, 1.165) is 12.0 Å². The van der Waals surface area contributed by atoms with Gasteiger partial charge >= 0.3 is 0 Å². The van der Waals surface area contributed by atoms with E-state index in [1.807, 2.05) is 38.1 Å². The molecule has 1 atom stereocenters. The second kappa shape index (κ2) is 5.65. The summed E-state index contributed by atoms with van der Waals surface area (Å²) in [7, 11) is -3.58. The largest absolute Gasteiger partial charge is 0.487 e. The maximum atomic E-state index is 13.0. The zero-order valence-electron chi connectivity index (χ0n) is 12.7. The molecule has 2 aromatic rings. The quantitative estimate of drug-likeness (QED) is 0.873. The normalized spacial score (nSPS) is 17.7. The Morgan fingerprint density at radius 2 is 1.82 bits per heavy atom. The highest BCUT2D eigenvalue weighted by Crippen LogP contribution is 2.36. The first kappa shape index (κ1) is 14.9. The van der Waals surface area contributed by atoms with Crippen molar-refractivity contribution in [1.29, 1.82) is 0 Å². The number of hydrogen-bond donors (Lipinski definition) is 0. The van der Waals surface area contributed by atoms with Crippen LogP contribution in [0.1, 0.15) is 19.4 Å². The Labute approximate surface area is 131 Å². The fraction of sp³-hybridized carbons (Fsp3) is 0.294. The molecule has 0 fully saturated rings. The molecule has 3 rings (SSSR count). The lowest BCUT2D eigenvalue weighted by atomic mass is 10.2. The van der Waals surface area contributed by atoms with Crippen LogP contribution in [0, 0.1) is 0 Å². The number of hydrogen-bond acceptors (Lipinski definition) is 3. The second-order valence-corrected chi connectivity index (χ2v) is 7.29. The Kier molecular flexibility index (Phi) is 3.83. The van der Waals surface area contributed by atoms with Gasteiger partial charge in [0.25, 0.3) is 10.0 Å². The van der Waals surface area contributed by atoms with E-state index >= 15 is 0 Å². The first-order valence-electron chi connectivity index (χ1n) is 7.39. The van der Waals surface area contributed by atoms with Gasteiger partial charge in [0.15, 0.2) is 0 Å². The lowest BCUT2D eigenvalue weighted by Gasteiger charge is -2.34. The molecule has 1 aliphatic rings. The summed E-state index contributed by atoms with van der Waals surface area (Å²) >= 11 is 0. The number of ether oxygens (including phenoxy) is 1. The molecular weight excluding hydrogens is 298 g/mol. The Bertz CT molecular complexity index is 769. The van der Waals surface area contributed by atoms with Crippen LogP contribution in [-0.4, -0.2) is 21.1 Å². The van der Waals surface area contributed by atoms with Gasteiger partial charge in [0, 0.05) is 0 Å². The lowest BCUT2D eigenvalue weighted by molar-refractivity contribution is 0.219. The zero-order chi connectivity index (χ0) is 15.7. The van der Waals surface area contributed by atoms with E-state index < -0.39 is 10.0 Å². The summed E-state index contributed by atoms with van der Waals surface area (Å²) in [6.07, 6.45) is 0.706. The highest BCUT2D eigenvalue weighted by Gasteiger charge is 2.32. The summed E-state index contributed by atoms with van der Waals surface area (Å²) in [6.45, 7) is 4.23. The average molecular weight is 317 g/mol. The van der Waals surface area contributed by atoms with Gasteiger partial charge in [-0.1, -0.05) is 31.2 Å². The molecular formula is C17H19NO3S. The summed E-state index contributed by atoms with van der Waals surface area (Å²) in [5.74, 6) is 0.606. The number of fused-ring (bicyclic) bond motifs is 1. The van der Waals surface area contributed by atoms with Crippen molar-refractivity contribution in [3.63, 3.8) is 0 Å². The smallest absolute Gasteiger partial charge is 0.264 e. The van der Waals surface area contributed by atoms with Crippen molar-refractivity contribution >= 4 is 15.7 Å². The van der Waals surface area contributed by atoms with Crippen molar-refractivity contribution in [2.75, 3.05) is 10.8 Å². The maximum absolute atomic E-state index is 13.0. The molecule has 0 N–H and O–H groups in total. The van der Waals surface area contributed by atoms with Crippen LogP contribution in [0.4, 0.5) is 5.69 Å². The molecule has 1 heterocycles. The standard InChI is InChI=1S/C17H19NO3S/c1-3-14-8-10-15(11-9-14)22(19,20)18-12-13(2)21-17-7-5-4-6-16(17)18/h4-11,13H,3,12H2,1-2H3. The van der Waals surface area contributed by atoms with Crippen LogP contribution in [0.15, 0.2) is 53.4 Å². The molecule has 1 aliphatic heterocycles. The highest BCUT2D eigenvalue weighted by molar-refractivity contribution is 7.92. The Balaban J connectivity index is 2.05. The van der Waals surface area contributed by atoms with Crippen LogP contribution < -0.4 is 9.04 Å². The van der Waals surface area contributed by atoms with E-state index in [2.05, 4.69) is 0 Å². The summed E-state index contributed by atoms with van der Waals surface area (Å²) in [5, 5.41) is 0. The molecule has 0 bridgehead atoms. The molecule has 1 unspecified atom stereocenters. The van der Waals surface area contributed by atoms with Crippen molar-refractivity contribution < 1.29 is 13.2 Å². The van der Waals surface area contributed by atoms with Crippen LogP contribution in [0.2, 0.25) is 0 Å². The van der Waals surface area contributed by atoms with Gasteiger partial charge in [-0.25, -0.2) is 8.42 Å². The molecule has 4 nitrogen and oxygen atoms in total. The second-order valence-electron chi connectivity index (χ2n) is 5.43. The van der Waals surface area contributed by atoms with Crippen LogP contribution in [0.5, 0.6) is 5.75 Å². The number of aryl methyl sites for hydroxylation is 1. The van der Waals surface area contributed by atoms with Gasteiger partial charge in [-0.15, -0.1) is 0 Å². The van der Waals surface area contributed by atoms with E-state index in [4.69, 9.17) is 4.74 Å². The Morgan fingerprint density at radius 3 is 2.50 bits per heavy atom. The van der Waals surface area contributed by atoms with Crippen LogP contribution in [0.25, 0.3) is 0 Å². The highest BCUT2D eigenvalue weighted by atomic mass is 32.2. The van der Waals surface area contributed by atoms with Gasteiger partial charge in [-0.2, -0.15) is 0 Å². The number of nitrogens with zero attached hydrogens (tertiary/aromatic N) is 1. The monoisotopic (exact) mass is 317 g/mol. The van der Waals surface area contributed by atoms with Crippen LogP contribution in [0.3, 0.4) is 0 Å². The Morgan fingerprint density at radius 1 is 1.14 bits per heavy atom. The molecule has 0 spiro atoms. The van der Waals surface area contributed by atoms with E-state index in [-0.39, 0.29) is 6.10 Å². The predicted octanol–water partition coefficient (Wildman–Crippen LogP) is 3.23. The number of rotatable bonds is 3. The molecule has 0 amide bonds. The third kappa shape index (κ3) is 2.57. The zero-order valence-corrected chi connectivity index (χ0v) is 13.5. The minimum Gasteiger partial charge on any atom is -0.487 e. The molecule has 2 aromatic carbocycles. The summed E-state index contributed by atoms with van der Waals surface area (Å²) in [4.78, 5) is 0.314. The minimum atomic E-state index is -3.58. The molecule has 0 saturated carbocycles. The number of sulfonamides is 1. The SMILES string of the molecule is CCc1ccc(S(=O)(=O)N2CC(C)Oc3ccccc32)cc1. The predicted molar refractivity (Wildman–Crippen MR) is 86.9 cm³/mol. The van der Waals surface area contributed by atoms with Crippen LogP contribution >= 0.6 is 0 Å². The van der Waals surface area contributed by atoms with Crippen molar-refractivity contribution in [2.24, 2.45) is 0 Å². The Hall–Kier alpha value is -2.01. The average Bonchev–Trinajstić information content (AvgIpc) is 2.54. The summed E-state index contributed by atoms with van der Waals surface area (Å²) in [6, 6.07) is 14.3. The number of para-hydroxylation sites is 2. The van der Waals surface area contributed by atoms with Gasteiger partial charge in [0.1, 0.15) is 11.9 Å². The first-order valence-corrected chi connectivity index (χ1v) is 8.83. The third-order valence-corrected chi connectivity index (χ3v) is 5.60. The third-order valence-electron chi connectivity index (χ3n) is 3.80. The minimum absolute atomic E-state index is 0.181. The summed E-state index contributed by atoms with van der Waals surface area (Å²) < 4.78 is 33.1. The van der Waals surface area contributed by atoms with Gasteiger partial charge in [0.2, 0.25) is 0 Å². The van der Waals surface area contributed by atoms with Gasteiger partial charge in [0.05, 0.1) is 17.1 Å². The topological polar surface area (TPSA) is 46.6 Å². The number of anilines is 1. The fourth-order valence-corrected chi connectivity index (χ4v) is 4.15. The van der Waals surface area contributed by atoms with Crippen molar-refractivity contribution in [1.82, 2.24) is 0 Å². The molecule has 0 aromatic heterocycles. The van der Waals surface area contributed by atoms with E-state index in [1.54, 1.807) is 24.3 Å². The van der Waals surface area contributed by atoms with Gasteiger partial charge in [-0.3, -0.25) is 4.31 Å². The fourth-order valence-electron chi connectivity index (χ4n) is 2.60. The molecule has 0 radical (unpaired) electrons. The first-order chi connectivity index (χ1) is 10.5. The summed E-state index contributed by atoms with van der Waals surface area (Å²) in [5.41, 5.74) is 1.72. The molecule has 5 heteroatoms. The lowest BCUT2D eigenvalue weighted by Crippen LogP contribution is -2.42. The van der Waals surface area contributed by atoms with Crippen molar-refractivity contribution in [3.05, 3.63) is 54.1 Å². The van der Waals surface area contributed by atoms with E-state index in [0.29, 0.717) is 22.9 Å². The van der Waals surface area contributed by atoms with Crippen molar-refractivity contribution in [3.8, 4) is 5.75 Å². The van der Waals surface area contributed by atoms with Gasteiger partial charge in [-0.05, 0) is 43.2 Å². The maximum Gasteiger partial charge on any atom is 0.264 e.